The minimum atomic E-state index is -0.428. The van der Waals surface area contributed by atoms with Crippen molar-refractivity contribution in [1.29, 1.82) is 0 Å². The molecule has 0 atom stereocenters. The van der Waals surface area contributed by atoms with Gasteiger partial charge in [-0.25, -0.2) is 0 Å². The molecule has 2 heterocycles. The van der Waals surface area contributed by atoms with E-state index < -0.39 is 5.91 Å². The number of nitrogens with one attached hydrogen (secondary N) is 1. The zero-order valence-electron chi connectivity index (χ0n) is 12.3. The van der Waals surface area contributed by atoms with Gasteiger partial charge in [0.1, 0.15) is 11.5 Å². The molecular formula is C16H10Cl2N2O3S. The number of aliphatic imine (C=N–C) groups is 1. The largest absolute Gasteiger partial charge is 0.457 e. The third-order valence-corrected chi connectivity index (χ3v) is 4.46. The quantitative estimate of drug-likeness (QED) is 0.785. The molecule has 1 aromatic carbocycles. The lowest BCUT2D eigenvalue weighted by atomic mass is 10.2. The molecule has 1 aromatic heterocycles. The van der Waals surface area contributed by atoms with E-state index in [9.17, 15) is 9.59 Å². The number of benzene rings is 1. The minimum Gasteiger partial charge on any atom is -0.457 e. The van der Waals surface area contributed by atoms with Crippen molar-refractivity contribution in [3.8, 4) is 11.3 Å². The van der Waals surface area contributed by atoms with Gasteiger partial charge in [-0.15, -0.1) is 0 Å². The summed E-state index contributed by atoms with van der Waals surface area (Å²) in [5, 5.41) is 3.79. The Morgan fingerprint density at radius 1 is 1.29 bits per heavy atom. The van der Waals surface area contributed by atoms with Crippen molar-refractivity contribution in [2.75, 3.05) is 0 Å². The number of hydrogen-bond donors (Lipinski definition) is 1. The molecule has 0 radical (unpaired) electrons. The lowest BCUT2D eigenvalue weighted by Crippen LogP contribution is -2.23. The molecule has 0 saturated carbocycles. The first kappa shape index (κ1) is 16.8. The summed E-state index contributed by atoms with van der Waals surface area (Å²) in [5.41, 5.74) is 0.661. The van der Waals surface area contributed by atoms with E-state index in [-0.39, 0.29) is 11.1 Å². The Kier molecular flexibility index (Phi) is 4.80. The molecule has 8 heteroatoms. The third kappa shape index (κ3) is 3.72. The molecule has 0 aliphatic carbocycles. The maximum Gasteiger partial charge on any atom is 0.286 e. The van der Waals surface area contributed by atoms with Crippen molar-refractivity contribution >= 4 is 58.0 Å². The number of nitrogens with zero attached hydrogens (tertiary/aromatic N) is 1. The second-order valence-corrected chi connectivity index (χ2v) is 6.71. The number of carbonyl (C=O) groups excluding carboxylic acids is 2. The fraction of sp³-hybridized carbons (Fsp3) is 0.0625. The number of furan rings is 1. The molecular weight excluding hydrogens is 371 g/mol. The van der Waals surface area contributed by atoms with Gasteiger partial charge in [0.25, 0.3) is 5.91 Å². The first-order valence-corrected chi connectivity index (χ1v) is 8.35. The molecule has 0 bridgehead atoms. The first-order chi connectivity index (χ1) is 11.4. The molecule has 0 fully saturated rings. The van der Waals surface area contributed by atoms with Gasteiger partial charge in [0, 0.05) is 23.6 Å². The topological polar surface area (TPSA) is 71.7 Å². The van der Waals surface area contributed by atoms with Crippen LogP contribution in [0.3, 0.4) is 0 Å². The number of halogens is 2. The summed E-state index contributed by atoms with van der Waals surface area (Å²) >= 11 is 13.2. The molecule has 0 unspecified atom stereocenters. The van der Waals surface area contributed by atoms with E-state index in [0.717, 1.165) is 11.8 Å². The Balaban J connectivity index is 1.83. The second kappa shape index (κ2) is 6.84. The van der Waals surface area contributed by atoms with E-state index in [1.54, 1.807) is 36.4 Å². The highest BCUT2D eigenvalue weighted by molar-refractivity contribution is 8.18. The van der Waals surface area contributed by atoms with Crippen molar-refractivity contribution in [3.05, 3.63) is 51.0 Å². The molecule has 2 aromatic rings. The van der Waals surface area contributed by atoms with Crippen molar-refractivity contribution in [1.82, 2.24) is 5.32 Å². The van der Waals surface area contributed by atoms with Gasteiger partial charge >= 0.3 is 0 Å². The summed E-state index contributed by atoms with van der Waals surface area (Å²) in [6, 6.07) is 8.53. The maximum atomic E-state index is 11.8. The van der Waals surface area contributed by atoms with Crippen LogP contribution in [-0.4, -0.2) is 17.0 Å². The van der Waals surface area contributed by atoms with E-state index in [0.29, 0.717) is 32.0 Å². The zero-order valence-corrected chi connectivity index (χ0v) is 14.6. The van der Waals surface area contributed by atoms with Gasteiger partial charge < -0.3 is 9.73 Å². The predicted molar refractivity (Wildman–Crippen MR) is 96.0 cm³/mol. The fourth-order valence-corrected chi connectivity index (χ4v) is 3.23. The van der Waals surface area contributed by atoms with Gasteiger partial charge in [-0.05, 0) is 42.1 Å². The van der Waals surface area contributed by atoms with Crippen LogP contribution in [0.1, 0.15) is 12.7 Å². The molecule has 0 spiro atoms. The van der Waals surface area contributed by atoms with Crippen molar-refractivity contribution in [2.45, 2.75) is 6.92 Å². The normalized spacial score (nSPS) is 15.7. The van der Waals surface area contributed by atoms with Gasteiger partial charge in [0.2, 0.25) is 5.91 Å². The smallest absolute Gasteiger partial charge is 0.286 e. The van der Waals surface area contributed by atoms with Gasteiger partial charge in [-0.3, -0.25) is 9.59 Å². The van der Waals surface area contributed by atoms with E-state index in [1.807, 2.05) is 0 Å². The number of amides is 2. The fourth-order valence-electron chi connectivity index (χ4n) is 2.00. The van der Waals surface area contributed by atoms with Gasteiger partial charge in [0.15, 0.2) is 5.17 Å². The van der Waals surface area contributed by atoms with Crippen LogP contribution in [0.25, 0.3) is 17.4 Å². The maximum absolute atomic E-state index is 11.8. The van der Waals surface area contributed by atoms with Crippen LogP contribution < -0.4 is 5.32 Å². The van der Waals surface area contributed by atoms with Crippen LogP contribution in [0, 0.1) is 0 Å². The lowest BCUT2D eigenvalue weighted by molar-refractivity contribution is -0.117. The van der Waals surface area contributed by atoms with Crippen LogP contribution >= 0.6 is 35.0 Å². The second-order valence-electron chi connectivity index (χ2n) is 4.84. The van der Waals surface area contributed by atoms with Crippen LogP contribution in [0.2, 0.25) is 10.0 Å². The average Bonchev–Trinajstić information content (AvgIpc) is 3.09. The molecule has 122 valence electrons. The molecule has 3 rings (SSSR count). The third-order valence-electron chi connectivity index (χ3n) is 3.00. The first-order valence-electron chi connectivity index (χ1n) is 6.78. The van der Waals surface area contributed by atoms with Crippen molar-refractivity contribution in [2.24, 2.45) is 4.99 Å². The van der Waals surface area contributed by atoms with Gasteiger partial charge in [-0.1, -0.05) is 23.2 Å². The Morgan fingerprint density at radius 2 is 2.08 bits per heavy atom. The van der Waals surface area contributed by atoms with E-state index in [4.69, 9.17) is 27.6 Å². The molecule has 5 nitrogen and oxygen atoms in total. The molecule has 24 heavy (non-hydrogen) atoms. The summed E-state index contributed by atoms with van der Waals surface area (Å²) in [7, 11) is 0. The van der Waals surface area contributed by atoms with Crippen LogP contribution in [0.15, 0.2) is 44.6 Å². The Bertz CT molecular complexity index is 902. The standard InChI is InChI=1S/C16H10Cl2N2O3S/c1-8(21)19-16-20-15(22)14(24-16)7-10-3-5-13(23-10)11-6-9(17)2-4-12(11)18/h2-7H,1H3,(H,19,20,21,22)/b14-7+. The highest BCUT2D eigenvalue weighted by atomic mass is 35.5. The molecule has 0 saturated heterocycles. The van der Waals surface area contributed by atoms with E-state index >= 15 is 0 Å². The summed E-state index contributed by atoms with van der Waals surface area (Å²) in [4.78, 5) is 27.0. The minimum absolute atomic E-state index is 0.253. The summed E-state index contributed by atoms with van der Waals surface area (Å²) in [5.74, 6) is 0.289. The van der Waals surface area contributed by atoms with E-state index in [1.165, 1.54) is 6.92 Å². The van der Waals surface area contributed by atoms with Crippen LogP contribution in [0.4, 0.5) is 0 Å². The Hall–Kier alpha value is -2.02. The number of hydrogen-bond acceptors (Lipinski definition) is 4. The van der Waals surface area contributed by atoms with Crippen molar-refractivity contribution in [3.63, 3.8) is 0 Å². The van der Waals surface area contributed by atoms with Crippen LogP contribution in [-0.2, 0) is 9.59 Å². The lowest BCUT2D eigenvalue weighted by Gasteiger charge is -2.01. The monoisotopic (exact) mass is 380 g/mol. The summed E-state index contributed by atoms with van der Waals surface area (Å²) in [6.07, 6.45) is 1.56. The molecule has 1 aliphatic heterocycles. The summed E-state index contributed by atoms with van der Waals surface area (Å²) < 4.78 is 5.71. The Morgan fingerprint density at radius 3 is 2.83 bits per heavy atom. The molecule has 1 N–H and O–H groups in total. The van der Waals surface area contributed by atoms with Gasteiger partial charge in [0.05, 0.1) is 9.93 Å². The number of amidine groups is 1. The van der Waals surface area contributed by atoms with Gasteiger partial charge in [-0.2, -0.15) is 4.99 Å². The van der Waals surface area contributed by atoms with Crippen LogP contribution in [0.5, 0.6) is 0 Å². The molecule has 1 aliphatic rings. The summed E-state index contributed by atoms with van der Waals surface area (Å²) in [6.45, 7) is 1.35. The van der Waals surface area contributed by atoms with E-state index in [2.05, 4.69) is 10.3 Å². The predicted octanol–water partition coefficient (Wildman–Crippen LogP) is 4.36. The highest BCUT2D eigenvalue weighted by Crippen LogP contribution is 2.33. The number of rotatable bonds is 2. The number of carbonyl (C=O) groups is 2. The molecule has 2 amide bonds. The average molecular weight is 381 g/mol. The van der Waals surface area contributed by atoms with Crippen molar-refractivity contribution < 1.29 is 14.0 Å². The zero-order chi connectivity index (χ0) is 17.3. The highest BCUT2D eigenvalue weighted by Gasteiger charge is 2.23. The Labute approximate surface area is 151 Å². The SMILES string of the molecule is CC(=O)NC1=NC(=O)/C(=C\c2ccc(-c3cc(Cl)ccc3Cl)o2)S1. The number of thioether (sulfide) groups is 1.